The lowest BCUT2D eigenvalue weighted by molar-refractivity contribution is 0.218. The van der Waals surface area contributed by atoms with Crippen LogP contribution in [0.2, 0.25) is 0 Å². The highest BCUT2D eigenvalue weighted by Crippen LogP contribution is 2.24. The van der Waals surface area contributed by atoms with Crippen LogP contribution in [0, 0.1) is 0 Å². The molecule has 2 amide bonds. The van der Waals surface area contributed by atoms with Crippen LogP contribution in [0.15, 0.2) is 54.7 Å². The van der Waals surface area contributed by atoms with E-state index in [9.17, 15) is 4.79 Å². The van der Waals surface area contributed by atoms with Gasteiger partial charge in [0.05, 0.1) is 5.69 Å². The van der Waals surface area contributed by atoms with E-state index < -0.39 is 0 Å². The van der Waals surface area contributed by atoms with Crippen molar-refractivity contribution in [1.29, 1.82) is 0 Å². The van der Waals surface area contributed by atoms with Crippen LogP contribution in [-0.4, -0.2) is 40.0 Å². The normalized spacial score (nSPS) is 17.0. The van der Waals surface area contributed by atoms with Crippen molar-refractivity contribution >= 4 is 22.8 Å². The molecule has 1 atom stereocenters. The van der Waals surface area contributed by atoms with E-state index in [1.165, 1.54) is 10.8 Å². The van der Waals surface area contributed by atoms with Crippen LogP contribution < -0.4 is 11.1 Å². The first kappa shape index (κ1) is 15.4. The SMILES string of the molecule is NC(=O)N1CC[C@@H](Nc2nccc(-c3ccc4ccccc4c3)n2)C1. The molecule has 126 valence electrons. The highest BCUT2D eigenvalue weighted by molar-refractivity contribution is 5.86. The molecule has 1 saturated heterocycles. The summed E-state index contributed by atoms with van der Waals surface area (Å²) in [7, 11) is 0. The van der Waals surface area contributed by atoms with Gasteiger partial charge in [0.25, 0.3) is 0 Å². The predicted molar refractivity (Wildman–Crippen MR) is 98.2 cm³/mol. The molecule has 1 aromatic heterocycles. The molecular formula is C19H19N5O. The fraction of sp³-hybridized carbons (Fsp3) is 0.211. The lowest BCUT2D eigenvalue weighted by Crippen LogP contribution is -2.35. The van der Waals surface area contributed by atoms with Crippen LogP contribution in [0.1, 0.15) is 6.42 Å². The summed E-state index contributed by atoms with van der Waals surface area (Å²) in [6.45, 7) is 1.25. The van der Waals surface area contributed by atoms with E-state index in [4.69, 9.17) is 5.73 Å². The van der Waals surface area contributed by atoms with Gasteiger partial charge < -0.3 is 16.0 Å². The predicted octanol–water partition coefficient (Wildman–Crippen LogP) is 2.86. The first-order valence-electron chi connectivity index (χ1n) is 8.32. The van der Waals surface area contributed by atoms with Gasteiger partial charge in [-0.25, -0.2) is 14.8 Å². The number of urea groups is 1. The number of anilines is 1. The van der Waals surface area contributed by atoms with Crippen LogP contribution in [-0.2, 0) is 0 Å². The Morgan fingerprint density at radius 3 is 2.80 bits per heavy atom. The Labute approximate surface area is 145 Å². The summed E-state index contributed by atoms with van der Waals surface area (Å²) < 4.78 is 0. The van der Waals surface area contributed by atoms with Crippen molar-refractivity contribution in [1.82, 2.24) is 14.9 Å². The smallest absolute Gasteiger partial charge is 0.314 e. The molecule has 25 heavy (non-hydrogen) atoms. The second-order valence-corrected chi connectivity index (χ2v) is 6.24. The number of rotatable bonds is 3. The summed E-state index contributed by atoms with van der Waals surface area (Å²) in [5.74, 6) is 0.571. The van der Waals surface area contributed by atoms with Gasteiger partial charge in [0.2, 0.25) is 5.95 Å². The first-order chi connectivity index (χ1) is 12.2. The van der Waals surface area contributed by atoms with Gasteiger partial charge in [-0.1, -0.05) is 36.4 Å². The molecule has 0 radical (unpaired) electrons. The van der Waals surface area contributed by atoms with Gasteiger partial charge in [0, 0.05) is 30.9 Å². The molecule has 4 rings (SSSR count). The van der Waals surface area contributed by atoms with Crippen molar-refractivity contribution in [3.63, 3.8) is 0 Å². The Hall–Kier alpha value is -3.15. The Kier molecular flexibility index (Phi) is 3.93. The molecule has 0 saturated carbocycles. The minimum Gasteiger partial charge on any atom is -0.351 e. The zero-order chi connectivity index (χ0) is 17.2. The molecule has 1 aliphatic rings. The molecule has 1 fully saturated rings. The third-order valence-corrected chi connectivity index (χ3v) is 4.53. The Bertz CT molecular complexity index is 926. The highest BCUT2D eigenvalue weighted by atomic mass is 16.2. The molecular weight excluding hydrogens is 314 g/mol. The summed E-state index contributed by atoms with van der Waals surface area (Å²) >= 11 is 0. The average molecular weight is 333 g/mol. The average Bonchev–Trinajstić information content (AvgIpc) is 3.10. The number of nitrogens with zero attached hydrogens (tertiary/aromatic N) is 3. The van der Waals surface area contributed by atoms with Crippen molar-refractivity contribution in [3.05, 3.63) is 54.7 Å². The largest absolute Gasteiger partial charge is 0.351 e. The molecule has 6 nitrogen and oxygen atoms in total. The van der Waals surface area contributed by atoms with Crippen LogP contribution in [0.4, 0.5) is 10.7 Å². The van der Waals surface area contributed by atoms with Gasteiger partial charge in [0.1, 0.15) is 0 Å². The van der Waals surface area contributed by atoms with E-state index in [-0.39, 0.29) is 12.1 Å². The summed E-state index contributed by atoms with van der Waals surface area (Å²) in [5.41, 5.74) is 7.25. The van der Waals surface area contributed by atoms with Crippen molar-refractivity contribution < 1.29 is 4.79 Å². The fourth-order valence-electron chi connectivity index (χ4n) is 3.20. The van der Waals surface area contributed by atoms with E-state index in [2.05, 4.69) is 45.6 Å². The van der Waals surface area contributed by atoms with Crippen molar-refractivity contribution in [2.45, 2.75) is 12.5 Å². The van der Waals surface area contributed by atoms with Gasteiger partial charge in [0.15, 0.2) is 0 Å². The van der Waals surface area contributed by atoms with Gasteiger partial charge in [-0.15, -0.1) is 0 Å². The molecule has 6 heteroatoms. The fourth-order valence-corrected chi connectivity index (χ4v) is 3.20. The number of primary amides is 1. The van der Waals surface area contributed by atoms with Gasteiger partial charge in [-0.3, -0.25) is 0 Å². The maximum Gasteiger partial charge on any atom is 0.314 e. The Morgan fingerprint density at radius 1 is 1.16 bits per heavy atom. The minimum atomic E-state index is -0.380. The zero-order valence-electron chi connectivity index (χ0n) is 13.7. The van der Waals surface area contributed by atoms with Crippen molar-refractivity contribution in [2.24, 2.45) is 5.73 Å². The third kappa shape index (κ3) is 3.24. The number of amides is 2. The van der Waals surface area contributed by atoms with Gasteiger partial charge in [-0.05, 0) is 29.3 Å². The number of likely N-dealkylation sites (tertiary alicyclic amines) is 1. The number of fused-ring (bicyclic) bond motifs is 1. The van der Waals surface area contributed by atoms with Crippen LogP contribution in [0.3, 0.4) is 0 Å². The molecule has 1 aliphatic heterocycles. The first-order valence-corrected chi connectivity index (χ1v) is 8.32. The van der Waals surface area contributed by atoms with Crippen molar-refractivity contribution in [2.75, 3.05) is 18.4 Å². The van der Waals surface area contributed by atoms with Gasteiger partial charge in [-0.2, -0.15) is 0 Å². The number of nitrogens with one attached hydrogen (secondary N) is 1. The zero-order valence-corrected chi connectivity index (χ0v) is 13.7. The number of benzene rings is 2. The summed E-state index contributed by atoms with van der Waals surface area (Å²) in [4.78, 5) is 21.8. The number of hydrogen-bond donors (Lipinski definition) is 2. The molecule has 0 aliphatic carbocycles. The number of aromatic nitrogens is 2. The van der Waals surface area contributed by atoms with Crippen molar-refractivity contribution in [3.8, 4) is 11.3 Å². The van der Waals surface area contributed by atoms with E-state index in [1.54, 1.807) is 11.1 Å². The summed E-state index contributed by atoms with van der Waals surface area (Å²) in [5, 5.41) is 5.69. The second kappa shape index (κ2) is 6.39. The van der Waals surface area contributed by atoms with E-state index in [1.807, 2.05) is 18.2 Å². The van der Waals surface area contributed by atoms with Crippen LogP contribution in [0.5, 0.6) is 0 Å². The Balaban J connectivity index is 1.55. The third-order valence-electron chi connectivity index (χ3n) is 4.53. The topological polar surface area (TPSA) is 84.1 Å². The quantitative estimate of drug-likeness (QED) is 0.772. The number of nitrogens with two attached hydrogens (primary N) is 1. The lowest BCUT2D eigenvalue weighted by Gasteiger charge is -2.15. The lowest BCUT2D eigenvalue weighted by atomic mass is 10.1. The number of carbonyl (C=O) groups is 1. The maximum absolute atomic E-state index is 11.2. The highest BCUT2D eigenvalue weighted by Gasteiger charge is 2.25. The molecule has 3 N–H and O–H groups in total. The number of hydrogen-bond acceptors (Lipinski definition) is 4. The van der Waals surface area contributed by atoms with E-state index >= 15 is 0 Å². The van der Waals surface area contributed by atoms with Crippen LogP contribution >= 0.6 is 0 Å². The van der Waals surface area contributed by atoms with Gasteiger partial charge >= 0.3 is 6.03 Å². The molecule has 0 spiro atoms. The maximum atomic E-state index is 11.2. The molecule has 2 aromatic carbocycles. The molecule has 3 aromatic rings. The van der Waals surface area contributed by atoms with Crippen LogP contribution in [0.25, 0.3) is 22.0 Å². The molecule has 0 unspecified atom stereocenters. The summed E-state index contributed by atoms with van der Waals surface area (Å²) in [6, 6.07) is 16.2. The second-order valence-electron chi connectivity index (χ2n) is 6.24. The number of carbonyl (C=O) groups excluding carboxylic acids is 1. The van der Waals surface area contributed by atoms with E-state index in [0.717, 1.165) is 17.7 Å². The summed E-state index contributed by atoms with van der Waals surface area (Å²) in [6.07, 6.45) is 2.59. The minimum absolute atomic E-state index is 0.124. The monoisotopic (exact) mass is 333 g/mol. The standard InChI is InChI=1S/C19H19N5O/c20-18(25)24-10-8-16(12-24)22-19-21-9-7-17(23-19)15-6-5-13-3-1-2-4-14(13)11-15/h1-7,9,11,16H,8,10,12H2,(H2,20,25)(H,21,22,23)/t16-/m1/s1. The van der Waals surface area contributed by atoms with E-state index in [0.29, 0.717) is 19.0 Å². The molecule has 2 heterocycles. The Morgan fingerprint density at radius 2 is 2.00 bits per heavy atom. The molecule has 0 bridgehead atoms.